The predicted octanol–water partition coefficient (Wildman–Crippen LogP) is 2.84. The van der Waals surface area contributed by atoms with Gasteiger partial charge in [0.25, 0.3) is 5.91 Å². The summed E-state index contributed by atoms with van der Waals surface area (Å²) in [4.78, 5) is 18.8. The van der Waals surface area contributed by atoms with Crippen LogP contribution in [0.25, 0.3) is 0 Å². The van der Waals surface area contributed by atoms with Crippen molar-refractivity contribution in [2.75, 3.05) is 6.54 Å². The number of H-pyrrole nitrogens is 1. The second-order valence-corrected chi connectivity index (χ2v) is 5.74. The molecule has 3 heterocycles. The van der Waals surface area contributed by atoms with Crippen LogP contribution in [0.15, 0.2) is 21.2 Å². The van der Waals surface area contributed by atoms with E-state index in [1.165, 1.54) is 6.26 Å². The molecule has 0 saturated carbocycles. The molecule has 0 aromatic carbocycles. The SMILES string of the molecule is Cc1nc([C@@H]2CCCCN2C(=O)c2occc2Br)n[nH]1. The topological polar surface area (TPSA) is 75.0 Å². The Bertz CT molecular complexity index is 621. The summed E-state index contributed by atoms with van der Waals surface area (Å²) in [7, 11) is 0. The number of carbonyl (C=O) groups is 1. The number of nitrogens with one attached hydrogen (secondary N) is 1. The quantitative estimate of drug-likeness (QED) is 0.913. The third-order valence-corrected chi connectivity index (χ3v) is 4.11. The number of carbonyl (C=O) groups excluding carboxylic acids is 1. The number of likely N-dealkylation sites (tertiary alicyclic amines) is 1. The molecule has 20 heavy (non-hydrogen) atoms. The highest BCUT2D eigenvalue weighted by molar-refractivity contribution is 9.10. The second kappa shape index (κ2) is 5.40. The number of halogens is 1. The Morgan fingerprint density at radius 2 is 2.40 bits per heavy atom. The Balaban J connectivity index is 1.89. The van der Waals surface area contributed by atoms with Gasteiger partial charge in [-0.3, -0.25) is 9.89 Å². The maximum absolute atomic E-state index is 12.6. The van der Waals surface area contributed by atoms with Crippen LogP contribution < -0.4 is 0 Å². The van der Waals surface area contributed by atoms with Crippen LogP contribution in [0.4, 0.5) is 0 Å². The van der Waals surface area contributed by atoms with Crippen LogP contribution in [0.3, 0.4) is 0 Å². The summed E-state index contributed by atoms with van der Waals surface area (Å²) in [5.41, 5.74) is 0. The average Bonchev–Trinajstić information content (AvgIpc) is 3.07. The van der Waals surface area contributed by atoms with Crippen molar-refractivity contribution in [3.8, 4) is 0 Å². The highest BCUT2D eigenvalue weighted by Gasteiger charge is 2.33. The number of nitrogens with zero attached hydrogens (tertiary/aromatic N) is 3. The summed E-state index contributed by atoms with van der Waals surface area (Å²) in [5.74, 6) is 1.66. The summed E-state index contributed by atoms with van der Waals surface area (Å²) >= 11 is 3.34. The molecule has 1 N–H and O–H groups in total. The lowest BCUT2D eigenvalue weighted by atomic mass is 10.0. The molecule has 1 aliphatic heterocycles. The number of hydrogen-bond acceptors (Lipinski definition) is 4. The molecule has 1 atom stereocenters. The van der Waals surface area contributed by atoms with Gasteiger partial charge < -0.3 is 9.32 Å². The van der Waals surface area contributed by atoms with Crippen LogP contribution in [-0.4, -0.2) is 32.5 Å². The van der Waals surface area contributed by atoms with E-state index in [2.05, 4.69) is 31.1 Å². The molecular formula is C13H15BrN4O2. The number of piperidine rings is 1. The molecule has 0 unspecified atom stereocenters. The van der Waals surface area contributed by atoms with Crippen molar-refractivity contribution in [2.45, 2.75) is 32.2 Å². The van der Waals surface area contributed by atoms with E-state index in [0.717, 1.165) is 25.1 Å². The summed E-state index contributed by atoms with van der Waals surface area (Å²) in [6, 6.07) is 1.64. The maximum atomic E-state index is 12.6. The highest BCUT2D eigenvalue weighted by atomic mass is 79.9. The fraction of sp³-hybridized carbons (Fsp3) is 0.462. The first kappa shape index (κ1) is 13.4. The minimum Gasteiger partial charge on any atom is -0.458 e. The Morgan fingerprint density at radius 1 is 1.55 bits per heavy atom. The molecule has 0 radical (unpaired) electrons. The third-order valence-electron chi connectivity index (χ3n) is 3.49. The van der Waals surface area contributed by atoms with Crippen molar-refractivity contribution in [1.82, 2.24) is 20.1 Å². The smallest absolute Gasteiger partial charge is 0.291 e. The lowest BCUT2D eigenvalue weighted by Crippen LogP contribution is -2.39. The summed E-state index contributed by atoms with van der Waals surface area (Å²) in [5, 5.41) is 7.04. The summed E-state index contributed by atoms with van der Waals surface area (Å²) in [6.07, 6.45) is 4.44. The van der Waals surface area contributed by atoms with Crippen molar-refractivity contribution in [3.63, 3.8) is 0 Å². The Morgan fingerprint density at radius 3 is 3.05 bits per heavy atom. The summed E-state index contributed by atoms with van der Waals surface area (Å²) < 4.78 is 5.96. The zero-order valence-corrected chi connectivity index (χ0v) is 12.7. The molecule has 3 rings (SSSR count). The minimum atomic E-state index is -0.117. The van der Waals surface area contributed by atoms with Crippen LogP contribution >= 0.6 is 15.9 Å². The van der Waals surface area contributed by atoms with Gasteiger partial charge in [0.05, 0.1) is 16.8 Å². The molecule has 1 saturated heterocycles. The molecule has 0 bridgehead atoms. The van der Waals surface area contributed by atoms with Gasteiger partial charge in [-0.05, 0) is 48.2 Å². The Labute approximate surface area is 124 Å². The van der Waals surface area contributed by atoms with Crippen molar-refractivity contribution in [3.05, 3.63) is 34.2 Å². The highest BCUT2D eigenvalue weighted by Crippen LogP contribution is 2.31. The third kappa shape index (κ3) is 2.37. The van der Waals surface area contributed by atoms with E-state index in [4.69, 9.17) is 4.42 Å². The van der Waals surface area contributed by atoms with Crippen LogP contribution in [0.1, 0.15) is 47.5 Å². The van der Waals surface area contributed by atoms with Crippen molar-refractivity contribution in [1.29, 1.82) is 0 Å². The fourth-order valence-corrected chi connectivity index (χ4v) is 2.90. The molecule has 1 aliphatic rings. The molecule has 0 spiro atoms. The van der Waals surface area contributed by atoms with Crippen LogP contribution in [-0.2, 0) is 0 Å². The number of aromatic nitrogens is 3. The molecule has 106 valence electrons. The van der Waals surface area contributed by atoms with Crippen molar-refractivity contribution >= 4 is 21.8 Å². The lowest BCUT2D eigenvalue weighted by Gasteiger charge is -2.33. The molecule has 2 aromatic heterocycles. The number of aromatic amines is 1. The standard InChI is InChI=1S/C13H15BrN4O2/c1-8-15-12(17-16-8)10-4-2-3-6-18(10)13(19)11-9(14)5-7-20-11/h5,7,10H,2-4,6H2,1H3,(H,15,16,17)/t10-/m0/s1. The van der Waals surface area contributed by atoms with Gasteiger partial charge in [0.2, 0.25) is 5.76 Å². The number of rotatable bonds is 2. The minimum absolute atomic E-state index is 0.0850. The van der Waals surface area contributed by atoms with Gasteiger partial charge in [-0.25, -0.2) is 4.98 Å². The van der Waals surface area contributed by atoms with Crippen molar-refractivity contribution in [2.24, 2.45) is 0 Å². The van der Waals surface area contributed by atoms with Gasteiger partial charge in [0.15, 0.2) is 5.82 Å². The first-order valence-electron chi connectivity index (χ1n) is 6.59. The van der Waals surface area contributed by atoms with Crippen molar-refractivity contribution < 1.29 is 9.21 Å². The number of furan rings is 1. The van der Waals surface area contributed by atoms with E-state index in [0.29, 0.717) is 22.6 Å². The van der Waals surface area contributed by atoms with E-state index in [-0.39, 0.29) is 11.9 Å². The van der Waals surface area contributed by atoms with Gasteiger partial charge in [-0.1, -0.05) is 0 Å². The summed E-state index contributed by atoms with van der Waals surface area (Å²) in [6.45, 7) is 2.55. The van der Waals surface area contributed by atoms with E-state index in [1.54, 1.807) is 11.0 Å². The largest absolute Gasteiger partial charge is 0.458 e. The first-order valence-corrected chi connectivity index (χ1v) is 7.39. The van der Waals surface area contributed by atoms with Gasteiger partial charge in [-0.15, -0.1) is 0 Å². The molecule has 1 amide bonds. The maximum Gasteiger partial charge on any atom is 0.291 e. The molecular weight excluding hydrogens is 324 g/mol. The number of aryl methyl sites for hydroxylation is 1. The normalized spacial score (nSPS) is 19.3. The Hall–Kier alpha value is -1.63. The van der Waals surface area contributed by atoms with Gasteiger partial charge in [0, 0.05) is 6.54 Å². The second-order valence-electron chi connectivity index (χ2n) is 4.89. The zero-order valence-electron chi connectivity index (χ0n) is 11.1. The molecule has 2 aromatic rings. The van der Waals surface area contributed by atoms with E-state index < -0.39 is 0 Å². The zero-order chi connectivity index (χ0) is 14.1. The average molecular weight is 339 g/mol. The van der Waals surface area contributed by atoms with E-state index in [1.807, 2.05) is 6.92 Å². The van der Waals surface area contributed by atoms with Gasteiger partial charge >= 0.3 is 0 Å². The molecule has 0 aliphatic carbocycles. The van der Waals surface area contributed by atoms with E-state index >= 15 is 0 Å². The van der Waals surface area contributed by atoms with Gasteiger partial charge in [0.1, 0.15) is 5.82 Å². The predicted molar refractivity (Wildman–Crippen MR) is 75.2 cm³/mol. The fourth-order valence-electron chi connectivity index (χ4n) is 2.53. The molecule has 7 heteroatoms. The lowest BCUT2D eigenvalue weighted by molar-refractivity contribution is 0.0566. The monoisotopic (exact) mass is 338 g/mol. The van der Waals surface area contributed by atoms with Crippen LogP contribution in [0, 0.1) is 6.92 Å². The number of hydrogen-bond donors (Lipinski definition) is 1. The van der Waals surface area contributed by atoms with E-state index in [9.17, 15) is 4.79 Å². The number of amides is 1. The first-order chi connectivity index (χ1) is 9.66. The molecule has 1 fully saturated rings. The van der Waals surface area contributed by atoms with Crippen LogP contribution in [0.5, 0.6) is 0 Å². The Kier molecular flexibility index (Phi) is 3.60. The molecule has 6 nitrogen and oxygen atoms in total. The van der Waals surface area contributed by atoms with Crippen LogP contribution in [0.2, 0.25) is 0 Å². The van der Waals surface area contributed by atoms with Gasteiger partial charge in [-0.2, -0.15) is 5.10 Å².